The molecule has 1 aromatic heterocycles. The van der Waals surface area contributed by atoms with Gasteiger partial charge in [-0.25, -0.2) is 0 Å². The zero-order chi connectivity index (χ0) is 18.4. The predicted molar refractivity (Wildman–Crippen MR) is 110 cm³/mol. The average Bonchev–Trinajstić information content (AvgIpc) is 2.98. The van der Waals surface area contributed by atoms with Crippen LogP contribution < -0.4 is 4.74 Å². The van der Waals surface area contributed by atoms with Crippen LogP contribution in [0.15, 0.2) is 48.5 Å². The molecule has 4 heterocycles. The van der Waals surface area contributed by atoms with Crippen molar-refractivity contribution in [1.29, 1.82) is 0 Å². The molecule has 3 aliphatic heterocycles. The standard InChI is InChI=1S/C24H28N2O/c1-17-24(22-15-26-12-10-19(22)11-13-26)21-9-8-20(14-23(21)25(17)2)27-16-18-6-4-3-5-7-18/h3-9,14,19,22H,10-13,15-16H2,1-2H3. The molecule has 3 fully saturated rings. The van der Waals surface area contributed by atoms with Gasteiger partial charge in [-0.05, 0) is 62.0 Å². The first-order valence-corrected chi connectivity index (χ1v) is 10.2. The number of nitrogens with zero attached hydrogens (tertiary/aromatic N) is 2. The Morgan fingerprint density at radius 2 is 1.81 bits per heavy atom. The highest BCUT2D eigenvalue weighted by Gasteiger charge is 2.37. The SMILES string of the molecule is Cc1c(C2CN3CCC2CC3)c2ccc(OCc3ccccc3)cc2n1C. The van der Waals surface area contributed by atoms with Crippen LogP contribution in [0.5, 0.6) is 5.75 Å². The van der Waals surface area contributed by atoms with E-state index in [0.29, 0.717) is 12.5 Å². The lowest BCUT2D eigenvalue weighted by Gasteiger charge is -2.45. The van der Waals surface area contributed by atoms with Crippen molar-refractivity contribution in [2.45, 2.75) is 32.3 Å². The van der Waals surface area contributed by atoms with Crippen molar-refractivity contribution < 1.29 is 4.74 Å². The molecule has 27 heavy (non-hydrogen) atoms. The zero-order valence-corrected chi connectivity index (χ0v) is 16.3. The molecular formula is C24H28N2O. The molecule has 0 spiro atoms. The molecule has 1 atom stereocenters. The molecule has 3 heteroatoms. The van der Waals surface area contributed by atoms with Crippen LogP contribution in [0.2, 0.25) is 0 Å². The van der Waals surface area contributed by atoms with E-state index in [1.54, 1.807) is 5.56 Å². The Bertz CT molecular complexity index is 951. The molecule has 6 rings (SSSR count). The smallest absolute Gasteiger partial charge is 0.121 e. The lowest BCUT2D eigenvalue weighted by Crippen LogP contribution is -2.46. The summed E-state index contributed by atoms with van der Waals surface area (Å²) in [6.07, 6.45) is 2.72. The van der Waals surface area contributed by atoms with E-state index in [1.807, 2.05) is 6.07 Å². The second-order valence-electron chi connectivity index (χ2n) is 8.26. The Kier molecular flexibility index (Phi) is 4.20. The van der Waals surface area contributed by atoms with Gasteiger partial charge in [-0.3, -0.25) is 0 Å². The fraction of sp³-hybridized carbons (Fsp3) is 0.417. The van der Waals surface area contributed by atoms with Gasteiger partial charge < -0.3 is 14.2 Å². The number of rotatable bonds is 4. The maximum Gasteiger partial charge on any atom is 0.121 e. The summed E-state index contributed by atoms with van der Waals surface area (Å²) in [5.74, 6) is 2.49. The molecule has 0 radical (unpaired) electrons. The maximum absolute atomic E-state index is 6.08. The van der Waals surface area contributed by atoms with Crippen molar-refractivity contribution in [3.8, 4) is 5.75 Å². The second-order valence-corrected chi connectivity index (χ2v) is 8.26. The van der Waals surface area contributed by atoms with Gasteiger partial charge in [0.1, 0.15) is 12.4 Å². The third-order valence-corrected chi connectivity index (χ3v) is 6.79. The van der Waals surface area contributed by atoms with Gasteiger partial charge in [0.25, 0.3) is 0 Å². The number of hydrogen-bond acceptors (Lipinski definition) is 2. The molecule has 0 N–H and O–H groups in total. The van der Waals surface area contributed by atoms with Crippen LogP contribution in [0, 0.1) is 12.8 Å². The third-order valence-electron chi connectivity index (χ3n) is 6.79. The first kappa shape index (κ1) is 16.9. The Morgan fingerprint density at radius 3 is 2.52 bits per heavy atom. The highest BCUT2D eigenvalue weighted by molar-refractivity contribution is 5.87. The first-order chi connectivity index (χ1) is 13.2. The summed E-state index contributed by atoms with van der Waals surface area (Å²) < 4.78 is 8.44. The quantitative estimate of drug-likeness (QED) is 0.660. The lowest BCUT2D eigenvalue weighted by atomic mass is 9.75. The van der Waals surface area contributed by atoms with Gasteiger partial charge in [-0.1, -0.05) is 30.3 Å². The average molecular weight is 361 g/mol. The summed E-state index contributed by atoms with van der Waals surface area (Å²) in [4.78, 5) is 2.65. The number of aryl methyl sites for hydroxylation is 1. The Morgan fingerprint density at radius 1 is 1.04 bits per heavy atom. The van der Waals surface area contributed by atoms with Crippen LogP contribution in [0.4, 0.5) is 0 Å². The van der Waals surface area contributed by atoms with Crippen molar-refractivity contribution in [3.05, 3.63) is 65.4 Å². The van der Waals surface area contributed by atoms with Crippen LogP contribution in [0.25, 0.3) is 10.9 Å². The predicted octanol–water partition coefficient (Wildman–Crippen LogP) is 4.87. The van der Waals surface area contributed by atoms with E-state index < -0.39 is 0 Å². The van der Waals surface area contributed by atoms with E-state index in [0.717, 1.165) is 11.7 Å². The first-order valence-electron chi connectivity index (χ1n) is 10.2. The summed E-state index contributed by atoms with van der Waals surface area (Å²) in [6, 6.07) is 17.0. The summed E-state index contributed by atoms with van der Waals surface area (Å²) in [5.41, 5.74) is 5.50. The van der Waals surface area contributed by atoms with Crippen LogP contribution in [0.3, 0.4) is 0 Å². The van der Waals surface area contributed by atoms with E-state index in [9.17, 15) is 0 Å². The molecular weight excluding hydrogens is 332 g/mol. The maximum atomic E-state index is 6.08. The monoisotopic (exact) mass is 360 g/mol. The van der Waals surface area contributed by atoms with Gasteiger partial charge in [0.2, 0.25) is 0 Å². The van der Waals surface area contributed by atoms with E-state index in [4.69, 9.17) is 4.74 Å². The van der Waals surface area contributed by atoms with Gasteiger partial charge in [0, 0.05) is 36.7 Å². The lowest BCUT2D eigenvalue weighted by molar-refractivity contribution is 0.0873. The fourth-order valence-electron chi connectivity index (χ4n) is 5.16. The molecule has 3 saturated heterocycles. The van der Waals surface area contributed by atoms with E-state index >= 15 is 0 Å². The minimum absolute atomic E-state index is 0.613. The van der Waals surface area contributed by atoms with Crippen molar-refractivity contribution in [2.24, 2.45) is 13.0 Å². The van der Waals surface area contributed by atoms with Gasteiger partial charge in [-0.15, -0.1) is 0 Å². The number of fused-ring (bicyclic) bond motifs is 4. The molecule has 2 aromatic carbocycles. The Labute approximate surface area is 161 Å². The molecule has 3 aromatic rings. The van der Waals surface area contributed by atoms with Crippen molar-refractivity contribution in [1.82, 2.24) is 9.47 Å². The number of hydrogen-bond donors (Lipinski definition) is 0. The minimum Gasteiger partial charge on any atom is -0.489 e. The molecule has 0 amide bonds. The van der Waals surface area contributed by atoms with E-state index in [1.165, 1.54) is 54.6 Å². The van der Waals surface area contributed by atoms with Crippen LogP contribution in [-0.2, 0) is 13.7 Å². The number of benzene rings is 2. The normalized spacial score (nSPS) is 24.4. The van der Waals surface area contributed by atoms with Gasteiger partial charge in [-0.2, -0.15) is 0 Å². The largest absolute Gasteiger partial charge is 0.489 e. The molecule has 140 valence electrons. The van der Waals surface area contributed by atoms with Crippen LogP contribution in [-0.4, -0.2) is 29.1 Å². The molecule has 2 bridgehead atoms. The highest BCUT2D eigenvalue weighted by Crippen LogP contribution is 2.43. The van der Waals surface area contributed by atoms with Crippen LogP contribution in [0.1, 0.15) is 35.6 Å². The molecule has 3 aliphatic rings. The third kappa shape index (κ3) is 2.94. The molecule has 3 nitrogen and oxygen atoms in total. The second kappa shape index (κ2) is 6.72. The molecule has 1 unspecified atom stereocenters. The molecule has 0 aliphatic carbocycles. The Hall–Kier alpha value is -2.26. The van der Waals surface area contributed by atoms with Gasteiger partial charge >= 0.3 is 0 Å². The van der Waals surface area contributed by atoms with E-state index in [2.05, 4.69) is 65.9 Å². The number of aromatic nitrogens is 1. The summed E-state index contributed by atoms with van der Waals surface area (Å²) in [6.45, 7) is 6.72. The van der Waals surface area contributed by atoms with Crippen LogP contribution >= 0.6 is 0 Å². The summed E-state index contributed by atoms with van der Waals surface area (Å²) in [5, 5.41) is 1.42. The van der Waals surface area contributed by atoms with Gasteiger partial charge in [0.05, 0.1) is 5.52 Å². The Balaban J connectivity index is 1.46. The van der Waals surface area contributed by atoms with Crippen molar-refractivity contribution >= 4 is 10.9 Å². The van der Waals surface area contributed by atoms with Crippen molar-refractivity contribution in [2.75, 3.05) is 19.6 Å². The summed E-state index contributed by atoms with van der Waals surface area (Å²) >= 11 is 0. The summed E-state index contributed by atoms with van der Waals surface area (Å²) in [7, 11) is 2.20. The number of piperidine rings is 3. The highest BCUT2D eigenvalue weighted by atomic mass is 16.5. The number of ether oxygens (including phenoxy) is 1. The fourth-order valence-corrected chi connectivity index (χ4v) is 5.16. The van der Waals surface area contributed by atoms with Crippen molar-refractivity contribution in [3.63, 3.8) is 0 Å². The zero-order valence-electron chi connectivity index (χ0n) is 16.3. The minimum atomic E-state index is 0.613. The molecule has 0 saturated carbocycles. The topological polar surface area (TPSA) is 17.4 Å². The van der Waals surface area contributed by atoms with E-state index in [-0.39, 0.29) is 0 Å². The van der Waals surface area contributed by atoms with Gasteiger partial charge in [0.15, 0.2) is 0 Å².